The molecule has 9 nitrogen and oxygen atoms in total. The first-order chi connectivity index (χ1) is 21.6. The number of carboxylic acid groups (broad SMARTS) is 1. The minimum Gasteiger partial charge on any atom is -0.545 e. The molecule has 3 aliphatic heterocycles. The average molecular weight is 606 g/mol. The molecule has 2 aromatic carbocycles. The number of hydrogen-bond acceptors (Lipinski definition) is 7. The number of carboxylic acids is 1. The summed E-state index contributed by atoms with van der Waals surface area (Å²) in [6.07, 6.45) is 10.9. The number of rotatable bonds is 5. The molecule has 2 amide bonds. The van der Waals surface area contributed by atoms with Crippen molar-refractivity contribution in [2.24, 2.45) is 0 Å². The van der Waals surface area contributed by atoms with E-state index in [0.29, 0.717) is 16.2 Å². The van der Waals surface area contributed by atoms with E-state index in [2.05, 4.69) is 59.8 Å². The van der Waals surface area contributed by atoms with Crippen LogP contribution in [0.2, 0.25) is 0 Å². The van der Waals surface area contributed by atoms with Crippen molar-refractivity contribution < 1.29 is 33.7 Å². The maximum Gasteiger partial charge on any atom is 0.363 e. The normalized spacial score (nSPS) is 20.5. The number of benzene rings is 2. The SMILES string of the molecule is CC1(C)C2=CC(=[N+]3CCCC3)C=CC2=C(c2cc(C(=O)ON3C(=O)CCC3=O)ccc2C(=O)[O-])c2ccc(N3CCCC3)cc21. The van der Waals surface area contributed by atoms with E-state index in [4.69, 9.17) is 4.84 Å². The lowest BCUT2D eigenvalue weighted by molar-refractivity contribution is -0.504. The Kier molecular flexibility index (Phi) is 7.06. The topological polar surface area (TPSA) is 110 Å². The number of anilines is 1. The highest BCUT2D eigenvalue weighted by molar-refractivity contribution is 6.09. The summed E-state index contributed by atoms with van der Waals surface area (Å²) in [5.41, 5.74) is 6.69. The van der Waals surface area contributed by atoms with Crippen molar-refractivity contribution in [3.63, 3.8) is 0 Å². The number of hydroxylamine groups is 2. The number of fused-ring (bicyclic) bond motifs is 2. The number of amides is 2. The van der Waals surface area contributed by atoms with Crippen LogP contribution in [0.3, 0.4) is 0 Å². The Morgan fingerprint density at radius 3 is 2.29 bits per heavy atom. The largest absolute Gasteiger partial charge is 0.545 e. The van der Waals surface area contributed by atoms with Crippen molar-refractivity contribution in [3.05, 3.63) is 93.6 Å². The lowest BCUT2D eigenvalue weighted by Gasteiger charge is -2.40. The van der Waals surface area contributed by atoms with Crippen LogP contribution in [0, 0.1) is 0 Å². The molecule has 5 aliphatic rings. The quantitative estimate of drug-likeness (QED) is 0.378. The molecule has 3 saturated heterocycles. The van der Waals surface area contributed by atoms with E-state index in [1.807, 2.05) is 0 Å². The molecule has 0 saturated carbocycles. The molecule has 7 rings (SSSR count). The van der Waals surface area contributed by atoms with Gasteiger partial charge in [-0.15, -0.1) is 5.06 Å². The third-order valence-electron chi connectivity index (χ3n) is 9.76. The first-order valence-corrected chi connectivity index (χ1v) is 15.7. The predicted molar refractivity (Wildman–Crippen MR) is 166 cm³/mol. The van der Waals surface area contributed by atoms with Crippen LogP contribution in [-0.2, 0) is 19.8 Å². The molecule has 0 bridgehead atoms. The zero-order valence-electron chi connectivity index (χ0n) is 25.6. The number of carbonyl (C=O) groups excluding carboxylic acids is 4. The third kappa shape index (κ3) is 4.90. The second-order valence-electron chi connectivity index (χ2n) is 12.9. The molecular weight excluding hydrogens is 570 g/mol. The van der Waals surface area contributed by atoms with Gasteiger partial charge in [0.1, 0.15) is 13.1 Å². The lowest BCUT2D eigenvalue weighted by atomic mass is 9.64. The van der Waals surface area contributed by atoms with Gasteiger partial charge >= 0.3 is 5.97 Å². The summed E-state index contributed by atoms with van der Waals surface area (Å²) in [6, 6.07) is 10.5. The zero-order chi connectivity index (χ0) is 31.5. The van der Waals surface area contributed by atoms with Gasteiger partial charge in [0.2, 0.25) is 0 Å². The van der Waals surface area contributed by atoms with Gasteiger partial charge in [-0.25, -0.2) is 9.37 Å². The van der Waals surface area contributed by atoms with Crippen LogP contribution in [0.25, 0.3) is 5.57 Å². The fraction of sp³-hybridized carbons (Fsp3) is 0.361. The number of allylic oxidation sites excluding steroid dienone is 5. The van der Waals surface area contributed by atoms with E-state index in [9.17, 15) is 24.3 Å². The Hall–Kier alpha value is -4.79. The fourth-order valence-electron chi connectivity index (χ4n) is 7.31. The maximum absolute atomic E-state index is 13.2. The molecule has 9 heteroatoms. The molecule has 230 valence electrons. The van der Waals surface area contributed by atoms with Crippen LogP contribution in [0.15, 0.2) is 65.8 Å². The molecular formula is C36H35N3O6. The number of nitrogens with zero attached hydrogens (tertiary/aromatic N) is 3. The summed E-state index contributed by atoms with van der Waals surface area (Å²) in [5, 5.41) is 13.1. The van der Waals surface area contributed by atoms with E-state index >= 15 is 0 Å². The second kappa shape index (κ2) is 11.0. The maximum atomic E-state index is 13.2. The van der Waals surface area contributed by atoms with E-state index in [-0.39, 0.29) is 24.0 Å². The van der Waals surface area contributed by atoms with Crippen molar-refractivity contribution in [2.45, 2.75) is 57.8 Å². The molecule has 45 heavy (non-hydrogen) atoms. The first kappa shape index (κ1) is 29.0. The van der Waals surface area contributed by atoms with Crippen LogP contribution < -0.4 is 10.0 Å². The molecule has 3 heterocycles. The summed E-state index contributed by atoms with van der Waals surface area (Å²) in [4.78, 5) is 57.6. The molecule has 0 radical (unpaired) electrons. The molecule has 0 unspecified atom stereocenters. The minimum atomic E-state index is -1.38. The summed E-state index contributed by atoms with van der Waals surface area (Å²) in [6.45, 7) is 8.39. The van der Waals surface area contributed by atoms with E-state index < -0.39 is 29.2 Å². The van der Waals surface area contributed by atoms with Crippen LogP contribution >= 0.6 is 0 Å². The standard InChI is InChI=1S/C36H35N3O6/c1-36(2)29-20-23(37-15-3-4-16-37)8-11-26(29)33(27-12-9-24(21-30(27)36)38-17-5-6-18-38)28-19-22(7-10-25(28)34(42)43)35(44)45-39-31(40)13-14-32(39)41/h7-12,19-21H,3-6,13-18H2,1-2H3. The summed E-state index contributed by atoms with van der Waals surface area (Å²) < 4.78 is 2.39. The fourth-order valence-corrected chi connectivity index (χ4v) is 7.31. The highest BCUT2D eigenvalue weighted by Gasteiger charge is 2.40. The van der Waals surface area contributed by atoms with Crippen molar-refractivity contribution >= 4 is 40.7 Å². The average Bonchev–Trinajstić information content (AvgIpc) is 3.82. The van der Waals surface area contributed by atoms with Crippen molar-refractivity contribution in [3.8, 4) is 0 Å². The molecule has 2 aliphatic carbocycles. The predicted octanol–water partition coefficient (Wildman–Crippen LogP) is 3.71. The number of imide groups is 1. The summed E-state index contributed by atoms with van der Waals surface area (Å²) >= 11 is 0. The van der Waals surface area contributed by atoms with Crippen molar-refractivity contribution in [2.75, 3.05) is 31.1 Å². The highest BCUT2D eigenvalue weighted by Crippen LogP contribution is 2.51. The minimum absolute atomic E-state index is 0.0188. The third-order valence-corrected chi connectivity index (χ3v) is 9.76. The van der Waals surface area contributed by atoms with Crippen LogP contribution in [0.5, 0.6) is 0 Å². The molecule has 2 aromatic rings. The van der Waals surface area contributed by atoms with Crippen LogP contribution in [0.1, 0.15) is 89.8 Å². The lowest BCUT2D eigenvalue weighted by Crippen LogP contribution is -2.33. The second-order valence-corrected chi connectivity index (χ2v) is 12.9. The van der Waals surface area contributed by atoms with Crippen LogP contribution in [0.4, 0.5) is 5.69 Å². The van der Waals surface area contributed by atoms with Gasteiger partial charge in [0.15, 0.2) is 5.71 Å². The Bertz CT molecular complexity index is 1780. The molecule has 0 N–H and O–H groups in total. The first-order valence-electron chi connectivity index (χ1n) is 15.7. The van der Waals surface area contributed by atoms with Gasteiger partial charge in [-0.2, -0.15) is 0 Å². The van der Waals surface area contributed by atoms with Gasteiger partial charge in [0.05, 0.1) is 11.5 Å². The number of carbonyl (C=O) groups is 4. The van der Waals surface area contributed by atoms with Gasteiger partial charge in [-0.3, -0.25) is 9.59 Å². The number of aromatic carboxylic acids is 1. The molecule has 3 fully saturated rings. The zero-order valence-corrected chi connectivity index (χ0v) is 25.6. The number of hydrogen-bond donors (Lipinski definition) is 0. The Balaban J connectivity index is 1.43. The summed E-state index contributed by atoms with van der Waals surface area (Å²) in [5.74, 6) is -3.48. The van der Waals surface area contributed by atoms with E-state index in [1.54, 1.807) is 0 Å². The van der Waals surface area contributed by atoms with Gasteiger partial charge in [0, 0.05) is 67.6 Å². The molecule has 0 aromatic heterocycles. The Morgan fingerprint density at radius 1 is 0.889 bits per heavy atom. The summed E-state index contributed by atoms with van der Waals surface area (Å²) in [7, 11) is 0. The van der Waals surface area contributed by atoms with E-state index in [1.165, 1.54) is 18.2 Å². The smallest absolute Gasteiger partial charge is 0.363 e. The van der Waals surface area contributed by atoms with Gasteiger partial charge < -0.3 is 19.6 Å². The van der Waals surface area contributed by atoms with Crippen molar-refractivity contribution in [1.29, 1.82) is 0 Å². The highest BCUT2D eigenvalue weighted by atomic mass is 16.7. The van der Waals surface area contributed by atoms with Gasteiger partial charge in [-0.05, 0) is 76.6 Å². The van der Waals surface area contributed by atoms with E-state index in [0.717, 1.165) is 85.5 Å². The van der Waals surface area contributed by atoms with Gasteiger partial charge in [0.25, 0.3) is 11.8 Å². The monoisotopic (exact) mass is 605 g/mol. The van der Waals surface area contributed by atoms with Crippen molar-refractivity contribution in [1.82, 2.24) is 5.06 Å². The molecule has 0 spiro atoms. The molecule has 0 atom stereocenters. The Labute approximate surface area is 261 Å². The van der Waals surface area contributed by atoms with Gasteiger partial charge in [-0.1, -0.05) is 26.0 Å². The Morgan fingerprint density at radius 2 is 1.60 bits per heavy atom. The van der Waals surface area contributed by atoms with Crippen LogP contribution in [-0.4, -0.2) is 65.3 Å².